The van der Waals surface area contributed by atoms with E-state index >= 15 is 0 Å². The zero-order valence-corrected chi connectivity index (χ0v) is 12.4. The van der Waals surface area contributed by atoms with Crippen molar-refractivity contribution in [2.75, 3.05) is 0 Å². The van der Waals surface area contributed by atoms with Gasteiger partial charge in [-0.15, -0.1) is 0 Å². The minimum atomic E-state index is -0.853. The van der Waals surface area contributed by atoms with Gasteiger partial charge in [0.1, 0.15) is 5.82 Å². The Balaban J connectivity index is 2.15. The molecule has 0 amide bonds. The van der Waals surface area contributed by atoms with Gasteiger partial charge in [0, 0.05) is 5.02 Å². The molecule has 4 heteroatoms. The Morgan fingerprint density at radius 1 is 1.19 bits per heavy atom. The normalized spacial score (nSPS) is 12.1. The number of aliphatic carboxylic acids is 1. The van der Waals surface area contributed by atoms with Crippen LogP contribution in [-0.4, -0.2) is 11.1 Å². The zero-order valence-electron chi connectivity index (χ0n) is 11.6. The van der Waals surface area contributed by atoms with Crippen LogP contribution in [0.3, 0.4) is 0 Å². The highest BCUT2D eigenvalue weighted by molar-refractivity contribution is 6.30. The fourth-order valence-electron chi connectivity index (χ4n) is 2.31. The molecular weight excluding hydrogens is 291 g/mol. The van der Waals surface area contributed by atoms with Crippen molar-refractivity contribution >= 4 is 17.6 Å². The Labute approximate surface area is 128 Å². The molecule has 2 aromatic rings. The van der Waals surface area contributed by atoms with E-state index in [4.69, 9.17) is 11.6 Å². The number of hydrogen-bond acceptors (Lipinski definition) is 1. The number of hydrogen-bond donors (Lipinski definition) is 1. The molecule has 0 aliphatic rings. The van der Waals surface area contributed by atoms with Crippen LogP contribution in [0.15, 0.2) is 42.5 Å². The molecule has 1 unspecified atom stereocenters. The largest absolute Gasteiger partial charge is 0.481 e. The number of halogens is 2. The lowest BCUT2D eigenvalue weighted by Gasteiger charge is -2.14. The van der Waals surface area contributed by atoms with Gasteiger partial charge in [0.2, 0.25) is 0 Å². The molecule has 21 heavy (non-hydrogen) atoms. The first-order valence-corrected chi connectivity index (χ1v) is 7.06. The van der Waals surface area contributed by atoms with Crippen LogP contribution in [0.5, 0.6) is 0 Å². The highest BCUT2D eigenvalue weighted by Crippen LogP contribution is 2.20. The summed E-state index contributed by atoms with van der Waals surface area (Å²) in [6.45, 7) is 1.79. The van der Waals surface area contributed by atoms with Crippen molar-refractivity contribution in [2.24, 2.45) is 5.92 Å². The van der Waals surface area contributed by atoms with Gasteiger partial charge in [0.05, 0.1) is 5.92 Å². The van der Waals surface area contributed by atoms with E-state index in [1.54, 1.807) is 25.1 Å². The predicted octanol–water partition coefficient (Wildman–Crippen LogP) is 4.27. The molecule has 0 saturated heterocycles. The molecule has 110 valence electrons. The van der Waals surface area contributed by atoms with Crippen LogP contribution >= 0.6 is 11.6 Å². The molecule has 2 nitrogen and oxygen atoms in total. The quantitative estimate of drug-likeness (QED) is 0.895. The highest BCUT2D eigenvalue weighted by Gasteiger charge is 2.19. The van der Waals surface area contributed by atoms with Crippen molar-refractivity contribution in [2.45, 2.75) is 19.8 Å². The molecule has 0 spiro atoms. The number of benzene rings is 2. The van der Waals surface area contributed by atoms with Gasteiger partial charge in [-0.3, -0.25) is 4.79 Å². The van der Waals surface area contributed by atoms with E-state index in [0.717, 1.165) is 16.7 Å². The van der Waals surface area contributed by atoms with E-state index in [-0.39, 0.29) is 5.82 Å². The van der Waals surface area contributed by atoms with E-state index in [2.05, 4.69) is 0 Å². The van der Waals surface area contributed by atoms with Gasteiger partial charge in [-0.2, -0.15) is 0 Å². The first-order valence-electron chi connectivity index (χ1n) is 6.68. The number of rotatable bonds is 5. The van der Waals surface area contributed by atoms with Crippen LogP contribution in [0, 0.1) is 18.7 Å². The van der Waals surface area contributed by atoms with Gasteiger partial charge in [0.25, 0.3) is 0 Å². The van der Waals surface area contributed by atoms with Crippen LogP contribution in [-0.2, 0) is 17.6 Å². The van der Waals surface area contributed by atoms with Crippen molar-refractivity contribution in [3.63, 3.8) is 0 Å². The Bertz CT molecular complexity index is 638. The number of carbonyl (C=O) groups is 1. The zero-order chi connectivity index (χ0) is 15.4. The fraction of sp³-hybridized carbons (Fsp3) is 0.235. The summed E-state index contributed by atoms with van der Waals surface area (Å²) in [4.78, 5) is 11.5. The van der Waals surface area contributed by atoms with Crippen LogP contribution in [0.4, 0.5) is 4.39 Å². The molecule has 0 bridgehead atoms. The lowest BCUT2D eigenvalue weighted by atomic mass is 9.91. The molecule has 0 fully saturated rings. The van der Waals surface area contributed by atoms with Crippen LogP contribution in [0.2, 0.25) is 5.02 Å². The number of aryl methyl sites for hydroxylation is 1. The molecule has 0 saturated carbocycles. The molecule has 1 atom stereocenters. The van der Waals surface area contributed by atoms with Crippen molar-refractivity contribution in [1.29, 1.82) is 0 Å². The maximum atomic E-state index is 13.1. The van der Waals surface area contributed by atoms with Crippen LogP contribution in [0.25, 0.3) is 0 Å². The predicted molar refractivity (Wildman–Crippen MR) is 81.1 cm³/mol. The summed E-state index contributed by atoms with van der Waals surface area (Å²) in [5, 5.41) is 10.0. The monoisotopic (exact) mass is 306 g/mol. The molecule has 0 radical (unpaired) electrons. The van der Waals surface area contributed by atoms with Gasteiger partial charge in [-0.05, 0) is 60.7 Å². The van der Waals surface area contributed by atoms with Gasteiger partial charge < -0.3 is 5.11 Å². The summed E-state index contributed by atoms with van der Waals surface area (Å²) < 4.78 is 13.1. The first kappa shape index (κ1) is 15.5. The molecule has 0 aliphatic heterocycles. The molecule has 0 aromatic heterocycles. The minimum absolute atomic E-state index is 0.305. The number of carboxylic acids is 1. The van der Waals surface area contributed by atoms with E-state index in [0.29, 0.717) is 17.9 Å². The lowest BCUT2D eigenvalue weighted by molar-refractivity contribution is -0.141. The van der Waals surface area contributed by atoms with Crippen molar-refractivity contribution < 1.29 is 14.3 Å². The van der Waals surface area contributed by atoms with E-state index in [1.807, 2.05) is 12.1 Å². The molecule has 1 N–H and O–H groups in total. The minimum Gasteiger partial charge on any atom is -0.481 e. The third-order valence-electron chi connectivity index (χ3n) is 3.52. The molecule has 0 aliphatic carbocycles. The van der Waals surface area contributed by atoms with Crippen LogP contribution < -0.4 is 0 Å². The summed E-state index contributed by atoms with van der Waals surface area (Å²) >= 11 is 5.82. The second-order valence-corrected chi connectivity index (χ2v) is 5.58. The van der Waals surface area contributed by atoms with E-state index in [1.165, 1.54) is 12.1 Å². The molecule has 2 rings (SSSR count). The molecular formula is C17H16ClFO2. The van der Waals surface area contributed by atoms with E-state index < -0.39 is 11.9 Å². The standard InChI is InChI=1S/C17H16ClFO2/c1-11-8-16(19)7-4-13(11)10-14(17(20)21)9-12-2-5-15(18)6-3-12/h2-8,14H,9-10H2,1H3,(H,20,21). The summed E-state index contributed by atoms with van der Waals surface area (Å²) in [5.74, 6) is -1.70. The van der Waals surface area contributed by atoms with Crippen molar-refractivity contribution in [3.05, 3.63) is 70.0 Å². The fourth-order valence-corrected chi connectivity index (χ4v) is 2.43. The lowest BCUT2D eigenvalue weighted by Crippen LogP contribution is -2.19. The van der Waals surface area contributed by atoms with Gasteiger partial charge in [0.15, 0.2) is 0 Å². The second kappa shape index (κ2) is 6.72. The maximum absolute atomic E-state index is 13.1. The highest BCUT2D eigenvalue weighted by atomic mass is 35.5. The average molecular weight is 307 g/mol. The Hall–Kier alpha value is -1.87. The van der Waals surface area contributed by atoms with Gasteiger partial charge >= 0.3 is 5.97 Å². The Morgan fingerprint density at radius 2 is 1.86 bits per heavy atom. The van der Waals surface area contributed by atoms with Gasteiger partial charge in [-0.1, -0.05) is 29.8 Å². The summed E-state index contributed by atoms with van der Waals surface area (Å²) in [6.07, 6.45) is 0.799. The van der Waals surface area contributed by atoms with Crippen molar-refractivity contribution in [1.82, 2.24) is 0 Å². The maximum Gasteiger partial charge on any atom is 0.307 e. The summed E-state index contributed by atoms with van der Waals surface area (Å²) in [7, 11) is 0. The Kier molecular flexibility index (Phi) is 4.97. The topological polar surface area (TPSA) is 37.3 Å². The molecule has 2 aromatic carbocycles. The summed E-state index contributed by atoms with van der Waals surface area (Å²) in [5.41, 5.74) is 2.56. The third-order valence-corrected chi connectivity index (χ3v) is 3.77. The van der Waals surface area contributed by atoms with Crippen LogP contribution in [0.1, 0.15) is 16.7 Å². The average Bonchev–Trinajstić information content (AvgIpc) is 2.43. The third kappa shape index (κ3) is 4.30. The smallest absolute Gasteiger partial charge is 0.307 e. The SMILES string of the molecule is Cc1cc(F)ccc1CC(Cc1ccc(Cl)cc1)C(=O)O. The van der Waals surface area contributed by atoms with E-state index in [9.17, 15) is 14.3 Å². The number of carboxylic acid groups (broad SMARTS) is 1. The first-order chi connectivity index (χ1) is 9.95. The van der Waals surface area contributed by atoms with Gasteiger partial charge in [-0.25, -0.2) is 4.39 Å². The van der Waals surface area contributed by atoms with Crippen molar-refractivity contribution in [3.8, 4) is 0 Å². The summed E-state index contributed by atoms with van der Waals surface area (Å²) in [6, 6.07) is 11.6. The molecule has 0 heterocycles. The Morgan fingerprint density at radius 3 is 2.43 bits per heavy atom. The second-order valence-electron chi connectivity index (χ2n) is 5.14.